The molecule has 1 N–H and O–H groups in total. The molecule has 0 unspecified atom stereocenters. The molecule has 6 heteroatoms. The summed E-state index contributed by atoms with van der Waals surface area (Å²) in [4.78, 5) is 12.1. The molecule has 0 aliphatic carbocycles. The molecular weight excluding hydrogens is 318 g/mol. The summed E-state index contributed by atoms with van der Waals surface area (Å²) in [7, 11) is 1.77. The number of aryl methyl sites for hydroxylation is 2. The van der Waals surface area contributed by atoms with Crippen LogP contribution in [0.1, 0.15) is 16.1 Å². The molecule has 0 bridgehead atoms. The topological polar surface area (TPSA) is 46.9 Å². The normalized spacial score (nSPS) is 10.4. The number of carbonyl (C=O) groups is 1. The second-order valence-electron chi connectivity index (χ2n) is 3.85. The summed E-state index contributed by atoms with van der Waals surface area (Å²) < 4.78 is 2.30. The first-order valence-electron chi connectivity index (χ1n) is 5.25. The number of rotatable bonds is 2. The summed E-state index contributed by atoms with van der Waals surface area (Å²) in [5.41, 5.74) is 1.26. The highest BCUT2D eigenvalue weighted by molar-refractivity contribution is 9.10. The van der Waals surface area contributed by atoms with Crippen LogP contribution in [-0.4, -0.2) is 15.7 Å². The minimum Gasteiger partial charge on any atom is -0.307 e. The Labute approximate surface area is 118 Å². The molecule has 0 fully saturated rings. The molecule has 4 nitrogen and oxygen atoms in total. The lowest BCUT2D eigenvalue weighted by Crippen LogP contribution is -2.15. The van der Waals surface area contributed by atoms with E-state index in [4.69, 9.17) is 11.6 Å². The molecule has 1 heterocycles. The lowest BCUT2D eigenvalue weighted by Gasteiger charge is -2.07. The third-order valence-corrected chi connectivity index (χ3v) is 3.74. The molecule has 1 aromatic heterocycles. The quantitative estimate of drug-likeness (QED) is 0.918. The number of amides is 1. The van der Waals surface area contributed by atoms with Crippen LogP contribution in [0.5, 0.6) is 0 Å². The van der Waals surface area contributed by atoms with Gasteiger partial charge >= 0.3 is 0 Å². The van der Waals surface area contributed by atoms with E-state index in [0.717, 1.165) is 5.69 Å². The van der Waals surface area contributed by atoms with Crippen molar-refractivity contribution in [3.8, 4) is 0 Å². The van der Waals surface area contributed by atoms with E-state index in [1.54, 1.807) is 36.0 Å². The number of aromatic nitrogens is 2. The van der Waals surface area contributed by atoms with Crippen molar-refractivity contribution in [1.82, 2.24) is 9.78 Å². The number of halogens is 2. The van der Waals surface area contributed by atoms with Crippen molar-refractivity contribution >= 4 is 39.3 Å². The largest absolute Gasteiger partial charge is 0.307 e. The van der Waals surface area contributed by atoms with Crippen molar-refractivity contribution in [3.63, 3.8) is 0 Å². The molecule has 94 valence electrons. The number of benzene rings is 1. The fourth-order valence-corrected chi connectivity index (χ4v) is 2.17. The summed E-state index contributed by atoms with van der Waals surface area (Å²) in [5.74, 6) is 0.373. The molecule has 0 spiro atoms. The van der Waals surface area contributed by atoms with E-state index in [1.165, 1.54) is 0 Å². The van der Waals surface area contributed by atoms with Crippen LogP contribution in [0.2, 0.25) is 5.02 Å². The van der Waals surface area contributed by atoms with Crippen LogP contribution in [-0.2, 0) is 7.05 Å². The highest BCUT2D eigenvalue weighted by atomic mass is 79.9. The second kappa shape index (κ2) is 5.12. The predicted octanol–water partition coefficient (Wildman–Crippen LogP) is 3.40. The zero-order valence-electron chi connectivity index (χ0n) is 9.87. The number of carbonyl (C=O) groups excluding carboxylic acids is 1. The number of hydrogen-bond donors (Lipinski definition) is 1. The summed E-state index contributed by atoms with van der Waals surface area (Å²) in [6, 6.07) is 7.02. The molecule has 18 heavy (non-hydrogen) atoms. The van der Waals surface area contributed by atoms with Gasteiger partial charge in [0.2, 0.25) is 0 Å². The van der Waals surface area contributed by atoms with Crippen molar-refractivity contribution in [2.45, 2.75) is 6.92 Å². The van der Waals surface area contributed by atoms with Gasteiger partial charge < -0.3 is 5.32 Å². The van der Waals surface area contributed by atoms with Crippen molar-refractivity contribution in [1.29, 1.82) is 0 Å². The van der Waals surface area contributed by atoms with Gasteiger partial charge in [0.25, 0.3) is 5.91 Å². The number of nitrogens with one attached hydrogen (secondary N) is 1. The molecule has 0 aliphatic rings. The van der Waals surface area contributed by atoms with Crippen LogP contribution >= 0.6 is 27.5 Å². The zero-order valence-corrected chi connectivity index (χ0v) is 12.2. The lowest BCUT2D eigenvalue weighted by atomic mass is 10.2. The number of hydrogen-bond acceptors (Lipinski definition) is 2. The molecule has 0 atom stereocenters. The van der Waals surface area contributed by atoms with Crippen molar-refractivity contribution in [2.24, 2.45) is 7.05 Å². The average Bonchev–Trinajstić information content (AvgIpc) is 2.61. The van der Waals surface area contributed by atoms with Crippen LogP contribution < -0.4 is 5.32 Å². The average molecular weight is 329 g/mol. The zero-order chi connectivity index (χ0) is 13.3. The first kappa shape index (κ1) is 13.1. The molecule has 2 rings (SSSR count). The Hall–Kier alpha value is -1.33. The monoisotopic (exact) mass is 327 g/mol. The molecule has 0 saturated heterocycles. The third-order valence-electron chi connectivity index (χ3n) is 2.44. The van der Waals surface area contributed by atoms with Gasteiger partial charge in [0.1, 0.15) is 5.82 Å². The standard InChI is InChI=1S/C12H11BrClN3O/c1-7-6-10(17(2)16-7)15-12(18)8-4-3-5-9(13)11(8)14/h3-6H,1-2H3,(H,15,18). The molecule has 0 radical (unpaired) electrons. The van der Waals surface area contributed by atoms with Gasteiger partial charge in [0, 0.05) is 17.6 Å². The lowest BCUT2D eigenvalue weighted by molar-refractivity contribution is 0.102. The van der Waals surface area contributed by atoms with Crippen LogP contribution in [0, 0.1) is 6.92 Å². The first-order valence-corrected chi connectivity index (χ1v) is 6.42. The van der Waals surface area contributed by atoms with Gasteiger partial charge in [-0.2, -0.15) is 5.10 Å². The SMILES string of the molecule is Cc1cc(NC(=O)c2cccc(Br)c2Cl)n(C)n1. The Morgan fingerprint density at radius 1 is 1.50 bits per heavy atom. The van der Waals surface area contributed by atoms with Gasteiger partial charge in [-0.25, -0.2) is 0 Å². The molecule has 0 aliphatic heterocycles. The van der Waals surface area contributed by atoms with Gasteiger partial charge in [-0.3, -0.25) is 9.48 Å². The Balaban J connectivity index is 2.27. The second-order valence-corrected chi connectivity index (χ2v) is 5.08. The molecule has 1 aromatic carbocycles. The minimum absolute atomic E-state index is 0.260. The smallest absolute Gasteiger partial charge is 0.258 e. The van der Waals surface area contributed by atoms with E-state index in [1.807, 2.05) is 6.92 Å². The number of nitrogens with zero attached hydrogens (tertiary/aromatic N) is 2. The van der Waals surface area contributed by atoms with E-state index in [2.05, 4.69) is 26.3 Å². The van der Waals surface area contributed by atoms with Gasteiger partial charge in [0.05, 0.1) is 16.3 Å². The molecule has 0 saturated carbocycles. The van der Waals surface area contributed by atoms with Gasteiger partial charge in [-0.05, 0) is 35.0 Å². The van der Waals surface area contributed by atoms with Crippen LogP contribution in [0.4, 0.5) is 5.82 Å². The van der Waals surface area contributed by atoms with E-state index < -0.39 is 0 Å². The van der Waals surface area contributed by atoms with Crippen molar-refractivity contribution in [2.75, 3.05) is 5.32 Å². The van der Waals surface area contributed by atoms with Crippen LogP contribution in [0.25, 0.3) is 0 Å². The van der Waals surface area contributed by atoms with Gasteiger partial charge in [0.15, 0.2) is 0 Å². The predicted molar refractivity (Wildman–Crippen MR) is 75.1 cm³/mol. The molecule has 2 aromatic rings. The fourth-order valence-electron chi connectivity index (χ4n) is 1.59. The van der Waals surface area contributed by atoms with Crippen molar-refractivity contribution < 1.29 is 4.79 Å². The third kappa shape index (κ3) is 2.57. The van der Waals surface area contributed by atoms with E-state index >= 15 is 0 Å². The minimum atomic E-state index is -0.260. The number of anilines is 1. The van der Waals surface area contributed by atoms with E-state index in [-0.39, 0.29) is 5.91 Å². The van der Waals surface area contributed by atoms with Gasteiger partial charge in [-0.1, -0.05) is 17.7 Å². The van der Waals surface area contributed by atoms with Crippen LogP contribution in [0.3, 0.4) is 0 Å². The molecule has 1 amide bonds. The first-order chi connectivity index (χ1) is 8.49. The van der Waals surface area contributed by atoms with E-state index in [9.17, 15) is 4.79 Å². The molecular formula is C12H11BrClN3O. The Bertz CT molecular complexity index is 609. The fraction of sp³-hybridized carbons (Fsp3) is 0.167. The van der Waals surface area contributed by atoms with E-state index in [0.29, 0.717) is 20.9 Å². The van der Waals surface area contributed by atoms with Crippen LogP contribution in [0.15, 0.2) is 28.7 Å². The maximum absolute atomic E-state index is 12.1. The highest BCUT2D eigenvalue weighted by Gasteiger charge is 2.14. The maximum atomic E-state index is 12.1. The Morgan fingerprint density at radius 2 is 2.22 bits per heavy atom. The summed E-state index contributed by atoms with van der Waals surface area (Å²) in [6.45, 7) is 1.86. The summed E-state index contributed by atoms with van der Waals surface area (Å²) >= 11 is 9.36. The Kier molecular flexibility index (Phi) is 3.73. The Morgan fingerprint density at radius 3 is 2.83 bits per heavy atom. The van der Waals surface area contributed by atoms with Gasteiger partial charge in [-0.15, -0.1) is 0 Å². The van der Waals surface area contributed by atoms with Crippen molar-refractivity contribution in [3.05, 3.63) is 45.0 Å². The summed E-state index contributed by atoms with van der Waals surface area (Å²) in [6.07, 6.45) is 0. The summed E-state index contributed by atoms with van der Waals surface area (Å²) in [5, 5.41) is 7.33. The maximum Gasteiger partial charge on any atom is 0.258 e. The highest BCUT2D eigenvalue weighted by Crippen LogP contribution is 2.26.